The Labute approximate surface area is 201 Å². The summed E-state index contributed by atoms with van der Waals surface area (Å²) in [7, 11) is 0. The summed E-state index contributed by atoms with van der Waals surface area (Å²) in [6.07, 6.45) is 1.04. The summed E-state index contributed by atoms with van der Waals surface area (Å²) in [5, 5.41) is 3.05. The molecule has 178 valence electrons. The van der Waals surface area contributed by atoms with Crippen molar-refractivity contribution in [1.29, 1.82) is 0 Å². The molecule has 0 unspecified atom stereocenters. The maximum absolute atomic E-state index is 14.4. The lowest BCUT2D eigenvalue weighted by molar-refractivity contribution is -0.141. The summed E-state index contributed by atoms with van der Waals surface area (Å²) in [5.74, 6) is -0.909. The molecule has 5 heteroatoms. The molecule has 0 bridgehead atoms. The van der Waals surface area contributed by atoms with Crippen molar-refractivity contribution in [3.63, 3.8) is 0 Å². The highest BCUT2D eigenvalue weighted by atomic mass is 19.1. The van der Waals surface area contributed by atoms with Crippen LogP contribution in [0.2, 0.25) is 0 Å². The van der Waals surface area contributed by atoms with Crippen LogP contribution in [0.1, 0.15) is 42.5 Å². The molecule has 0 heterocycles. The van der Waals surface area contributed by atoms with E-state index < -0.39 is 11.9 Å². The number of benzene rings is 3. The van der Waals surface area contributed by atoms with E-state index in [2.05, 4.69) is 5.32 Å². The SMILES string of the molecule is CC[C@@H](C)NC(=O)[C@@H](Cc1ccccc1)N(Cc1ccc(C)cc1)C(=O)Cc1ccccc1F. The highest BCUT2D eigenvalue weighted by Gasteiger charge is 2.31. The van der Waals surface area contributed by atoms with E-state index in [9.17, 15) is 14.0 Å². The lowest BCUT2D eigenvalue weighted by atomic mass is 10.0. The first-order valence-corrected chi connectivity index (χ1v) is 11.8. The van der Waals surface area contributed by atoms with Crippen molar-refractivity contribution >= 4 is 11.8 Å². The minimum absolute atomic E-state index is 0.0198. The molecule has 0 aliphatic rings. The quantitative estimate of drug-likeness (QED) is 0.450. The molecule has 0 saturated carbocycles. The molecule has 3 rings (SSSR count). The van der Waals surface area contributed by atoms with Gasteiger partial charge in [-0.1, -0.05) is 85.3 Å². The molecule has 4 nitrogen and oxygen atoms in total. The Morgan fingerprint density at radius 1 is 0.912 bits per heavy atom. The van der Waals surface area contributed by atoms with Gasteiger partial charge in [0.1, 0.15) is 11.9 Å². The standard InChI is InChI=1S/C29H33FN2O2/c1-4-22(3)31-29(34)27(18-23-10-6-5-7-11-23)32(20-24-16-14-21(2)15-17-24)28(33)19-25-12-8-9-13-26(25)30/h5-17,22,27H,4,18-20H2,1-3H3,(H,31,34)/t22-,27-/m1/s1. The zero-order valence-electron chi connectivity index (χ0n) is 20.1. The van der Waals surface area contributed by atoms with Gasteiger partial charge in [0.05, 0.1) is 6.42 Å². The molecule has 3 aromatic rings. The minimum Gasteiger partial charge on any atom is -0.352 e. The molecular formula is C29H33FN2O2. The number of halogens is 1. The molecule has 0 aliphatic heterocycles. The predicted octanol–water partition coefficient (Wildman–Crippen LogP) is 5.23. The number of amides is 2. The van der Waals surface area contributed by atoms with Crippen molar-refractivity contribution in [3.05, 3.63) is 107 Å². The second-order valence-corrected chi connectivity index (χ2v) is 8.80. The van der Waals surface area contributed by atoms with Crippen LogP contribution in [0.25, 0.3) is 0 Å². The van der Waals surface area contributed by atoms with E-state index in [4.69, 9.17) is 0 Å². The third-order valence-electron chi connectivity index (χ3n) is 6.05. The maximum Gasteiger partial charge on any atom is 0.243 e. The molecule has 0 spiro atoms. The van der Waals surface area contributed by atoms with Crippen LogP contribution in [-0.4, -0.2) is 28.8 Å². The van der Waals surface area contributed by atoms with Crippen LogP contribution in [0.3, 0.4) is 0 Å². The first-order valence-electron chi connectivity index (χ1n) is 11.8. The average molecular weight is 461 g/mol. The smallest absolute Gasteiger partial charge is 0.243 e. The Bertz CT molecular complexity index is 1080. The van der Waals surface area contributed by atoms with Crippen LogP contribution < -0.4 is 5.32 Å². The van der Waals surface area contributed by atoms with Crippen molar-refractivity contribution in [2.45, 2.75) is 58.7 Å². The molecule has 0 radical (unpaired) electrons. The van der Waals surface area contributed by atoms with Crippen molar-refractivity contribution < 1.29 is 14.0 Å². The van der Waals surface area contributed by atoms with Gasteiger partial charge in [0.25, 0.3) is 0 Å². The fourth-order valence-electron chi connectivity index (χ4n) is 3.79. The van der Waals surface area contributed by atoms with E-state index >= 15 is 0 Å². The first kappa shape index (κ1) is 25.2. The van der Waals surface area contributed by atoms with Gasteiger partial charge in [0.15, 0.2) is 0 Å². The largest absolute Gasteiger partial charge is 0.352 e. The molecule has 34 heavy (non-hydrogen) atoms. The Hall–Kier alpha value is -3.47. The maximum atomic E-state index is 14.4. The summed E-state index contributed by atoms with van der Waals surface area (Å²) < 4.78 is 14.4. The van der Waals surface area contributed by atoms with Gasteiger partial charge in [-0.2, -0.15) is 0 Å². The second-order valence-electron chi connectivity index (χ2n) is 8.80. The molecule has 0 saturated heterocycles. The normalized spacial score (nSPS) is 12.6. The highest BCUT2D eigenvalue weighted by molar-refractivity contribution is 5.89. The molecule has 0 fully saturated rings. The van der Waals surface area contributed by atoms with E-state index in [-0.39, 0.29) is 30.8 Å². The van der Waals surface area contributed by atoms with Crippen molar-refractivity contribution in [1.82, 2.24) is 10.2 Å². The van der Waals surface area contributed by atoms with Gasteiger partial charge in [-0.25, -0.2) is 4.39 Å². The van der Waals surface area contributed by atoms with E-state index in [1.165, 1.54) is 6.07 Å². The number of rotatable bonds is 10. The Balaban J connectivity index is 1.97. The van der Waals surface area contributed by atoms with Crippen LogP contribution in [0.15, 0.2) is 78.9 Å². The minimum atomic E-state index is -0.725. The molecule has 0 aromatic heterocycles. The number of carbonyl (C=O) groups is 2. The zero-order chi connectivity index (χ0) is 24.5. The van der Waals surface area contributed by atoms with Crippen LogP contribution in [0.5, 0.6) is 0 Å². The lowest BCUT2D eigenvalue weighted by Gasteiger charge is -2.32. The molecule has 0 aliphatic carbocycles. The van der Waals surface area contributed by atoms with Crippen molar-refractivity contribution in [2.75, 3.05) is 0 Å². The van der Waals surface area contributed by atoms with Crippen LogP contribution >= 0.6 is 0 Å². The number of nitrogens with one attached hydrogen (secondary N) is 1. The fraction of sp³-hybridized carbons (Fsp3) is 0.310. The summed E-state index contributed by atoms with van der Waals surface area (Å²) in [6.45, 7) is 6.22. The highest BCUT2D eigenvalue weighted by Crippen LogP contribution is 2.18. The number of aryl methyl sites for hydroxylation is 1. The van der Waals surface area contributed by atoms with E-state index in [0.29, 0.717) is 12.0 Å². The van der Waals surface area contributed by atoms with Gasteiger partial charge in [-0.05, 0) is 43.0 Å². The van der Waals surface area contributed by atoms with E-state index in [1.807, 2.05) is 75.4 Å². The predicted molar refractivity (Wildman–Crippen MR) is 134 cm³/mol. The monoisotopic (exact) mass is 460 g/mol. The summed E-state index contributed by atoms with van der Waals surface area (Å²) in [6, 6.07) is 23.1. The topological polar surface area (TPSA) is 49.4 Å². The fourth-order valence-corrected chi connectivity index (χ4v) is 3.79. The number of nitrogens with zero attached hydrogens (tertiary/aromatic N) is 1. The third kappa shape index (κ3) is 7.01. The number of carbonyl (C=O) groups excluding carboxylic acids is 2. The third-order valence-corrected chi connectivity index (χ3v) is 6.05. The Morgan fingerprint density at radius 3 is 2.21 bits per heavy atom. The van der Waals surface area contributed by atoms with Crippen LogP contribution in [0.4, 0.5) is 4.39 Å². The Morgan fingerprint density at radius 2 is 1.56 bits per heavy atom. The Kier molecular flexibility index (Phi) is 8.97. The number of hydrogen-bond donors (Lipinski definition) is 1. The molecule has 2 atom stereocenters. The second kappa shape index (κ2) is 12.1. The molecule has 3 aromatic carbocycles. The van der Waals surface area contributed by atoms with Gasteiger partial charge in [0, 0.05) is 19.0 Å². The molecule has 1 N–H and O–H groups in total. The van der Waals surface area contributed by atoms with Gasteiger partial charge in [0.2, 0.25) is 11.8 Å². The summed E-state index contributed by atoms with van der Waals surface area (Å²) >= 11 is 0. The van der Waals surface area contributed by atoms with Gasteiger partial charge < -0.3 is 10.2 Å². The molecular weight excluding hydrogens is 427 g/mol. The van der Waals surface area contributed by atoms with Crippen LogP contribution in [0, 0.1) is 12.7 Å². The van der Waals surface area contributed by atoms with Crippen molar-refractivity contribution in [2.24, 2.45) is 0 Å². The first-order chi connectivity index (χ1) is 16.4. The summed E-state index contributed by atoms with van der Waals surface area (Å²) in [4.78, 5) is 28.7. The van der Waals surface area contributed by atoms with Gasteiger partial charge >= 0.3 is 0 Å². The number of hydrogen-bond acceptors (Lipinski definition) is 2. The van der Waals surface area contributed by atoms with Gasteiger partial charge in [-0.15, -0.1) is 0 Å². The van der Waals surface area contributed by atoms with Crippen LogP contribution in [-0.2, 0) is 29.0 Å². The van der Waals surface area contributed by atoms with Gasteiger partial charge in [-0.3, -0.25) is 9.59 Å². The van der Waals surface area contributed by atoms with E-state index in [1.54, 1.807) is 23.1 Å². The van der Waals surface area contributed by atoms with Crippen molar-refractivity contribution in [3.8, 4) is 0 Å². The lowest BCUT2D eigenvalue weighted by Crippen LogP contribution is -2.52. The average Bonchev–Trinajstić information content (AvgIpc) is 2.84. The van der Waals surface area contributed by atoms with E-state index in [0.717, 1.165) is 23.1 Å². The zero-order valence-corrected chi connectivity index (χ0v) is 20.1. The molecule has 2 amide bonds. The summed E-state index contributed by atoms with van der Waals surface area (Å²) in [5.41, 5.74) is 3.31.